The number of halogens is 11. The Labute approximate surface area is 176 Å². The van der Waals surface area contributed by atoms with Crippen molar-refractivity contribution in [3.63, 3.8) is 0 Å². The number of nitrogens with zero attached hydrogens (tertiary/aromatic N) is 1. The average molecular weight is 493 g/mol. The molecule has 2 aliphatic carbocycles. The van der Waals surface area contributed by atoms with E-state index in [-0.39, 0.29) is 25.7 Å². The van der Waals surface area contributed by atoms with Crippen LogP contribution in [0.4, 0.5) is 48.3 Å². The second kappa shape index (κ2) is 9.13. The molecule has 0 saturated heterocycles. The van der Waals surface area contributed by atoms with Crippen molar-refractivity contribution in [1.29, 1.82) is 0 Å². The summed E-state index contributed by atoms with van der Waals surface area (Å²) >= 11 is 0. The van der Waals surface area contributed by atoms with Gasteiger partial charge in [0.25, 0.3) is 5.91 Å². The first-order chi connectivity index (χ1) is 14.5. The summed E-state index contributed by atoms with van der Waals surface area (Å²) in [6.07, 6.45) is -17.3. The minimum absolute atomic E-state index is 0.102. The summed E-state index contributed by atoms with van der Waals surface area (Å²) in [5, 5.41) is 0. The lowest BCUT2D eigenvalue weighted by Gasteiger charge is -2.45. The van der Waals surface area contributed by atoms with E-state index in [9.17, 15) is 53.1 Å². The second-order valence-electron chi connectivity index (χ2n) is 8.08. The molecule has 0 aromatic carbocycles. The third-order valence-corrected chi connectivity index (χ3v) is 5.80. The molecule has 0 bridgehead atoms. The highest BCUT2D eigenvalue weighted by Crippen LogP contribution is 2.51. The summed E-state index contributed by atoms with van der Waals surface area (Å²) in [6, 6.07) is -2.03. The zero-order chi connectivity index (χ0) is 24.6. The average Bonchev–Trinajstić information content (AvgIpc) is 2.67. The minimum atomic E-state index is -7.19. The fourth-order valence-electron chi connectivity index (χ4n) is 4.14. The Balaban J connectivity index is 2.49. The molecule has 0 aliphatic heterocycles. The van der Waals surface area contributed by atoms with Crippen molar-refractivity contribution in [3.05, 3.63) is 0 Å². The first kappa shape index (κ1) is 26.9. The van der Waals surface area contributed by atoms with Gasteiger partial charge in [0.1, 0.15) is 0 Å². The van der Waals surface area contributed by atoms with Crippen molar-refractivity contribution in [2.24, 2.45) is 0 Å². The van der Waals surface area contributed by atoms with Crippen LogP contribution in [0.5, 0.6) is 0 Å². The third-order valence-electron chi connectivity index (χ3n) is 5.80. The van der Waals surface area contributed by atoms with E-state index in [2.05, 4.69) is 4.74 Å². The van der Waals surface area contributed by atoms with E-state index in [1.165, 1.54) is 0 Å². The van der Waals surface area contributed by atoms with E-state index in [1.54, 1.807) is 0 Å². The molecule has 0 aromatic rings. The zero-order valence-corrected chi connectivity index (χ0v) is 16.6. The summed E-state index contributed by atoms with van der Waals surface area (Å²) < 4.78 is 148. The van der Waals surface area contributed by atoms with Gasteiger partial charge in [-0.15, -0.1) is 0 Å². The first-order valence-corrected chi connectivity index (χ1v) is 10.1. The smallest absolute Gasteiger partial charge is 0.331 e. The largest absolute Gasteiger partial charge is 0.462 e. The molecule has 0 heterocycles. The monoisotopic (exact) mass is 493 g/mol. The molecule has 0 N–H and O–H groups in total. The van der Waals surface area contributed by atoms with Crippen molar-refractivity contribution in [1.82, 2.24) is 4.90 Å². The maximum Gasteiger partial charge on any atom is 0.462 e. The number of ether oxygens (including phenoxy) is 1. The van der Waals surface area contributed by atoms with E-state index in [1.807, 2.05) is 0 Å². The Kier molecular flexibility index (Phi) is 7.68. The second-order valence-corrected chi connectivity index (χ2v) is 8.08. The number of hydrogen-bond donors (Lipinski definition) is 0. The molecule has 32 heavy (non-hydrogen) atoms. The highest BCUT2D eigenvalue weighted by atomic mass is 19.4. The third kappa shape index (κ3) is 5.09. The Bertz CT molecular complexity index is 634. The maximum absolute atomic E-state index is 14.9. The molecule has 0 spiro atoms. The Morgan fingerprint density at radius 2 is 1.00 bits per heavy atom. The number of hydrogen-bond acceptors (Lipinski definition) is 2. The van der Waals surface area contributed by atoms with Crippen molar-refractivity contribution >= 4 is 5.91 Å². The summed E-state index contributed by atoms with van der Waals surface area (Å²) in [7, 11) is 0. The lowest BCUT2D eigenvalue weighted by molar-refractivity contribution is -0.474. The standard InChI is InChI=1S/C18H22F11NO2/c19-14(16(22,23)24,32-18(28,29)15(20,21)17(25,26)27)13(31)30(11-7-3-1-4-8-11)12-9-5-2-6-10-12/h11-12H,1-10H2/t14-/m0/s1. The molecule has 2 fully saturated rings. The highest BCUT2D eigenvalue weighted by Gasteiger charge is 2.80. The van der Waals surface area contributed by atoms with Gasteiger partial charge in [-0.05, 0) is 25.7 Å². The van der Waals surface area contributed by atoms with E-state index in [0.717, 1.165) is 0 Å². The predicted octanol–water partition coefficient (Wildman–Crippen LogP) is 6.52. The number of amides is 1. The number of carbonyl (C=O) groups is 1. The molecule has 0 radical (unpaired) electrons. The lowest BCUT2D eigenvalue weighted by Crippen LogP contribution is -2.66. The molecule has 2 aliphatic rings. The predicted molar refractivity (Wildman–Crippen MR) is 87.5 cm³/mol. The van der Waals surface area contributed by atoms with Gasteiger partial charge in [0, 0.05) is 12.1 Å². The van der Waals surface area contributed by atoms with E-state index in [4.69, 9.17) is 0 Å². The van der Waals surface area contributed by atoms with Crippen LogP contribution < -0.4 is 0 Å². The van der Waals surface area contributed by atoms with E-state index >= 15 is 0 Å². The van der Waals surface area contributed by atoms with E-state index < -0.39 is 48.2 Å². The fourth-order valence-corrected chi connectivity index (χ4v) is 4.14. The molecular formula is C18H22F11NO2. The van der Waals surface area contributed by atoms with Gasteiger partial charge in [0.2, 0.25) is 0 Å². The van der Waals surface area contributed by atoms with Crippen LogP contribution >= 0.6 is 0 Å². The van der Waals surface area contributed by atoms with Crippen LogP contribution in [0.3, 0.4) is 0 Å². The lowest BCUT2D eigenvalue weighted by atomic mass is 9.88. The fraction of sp³-hybridized carbons (Fsp3) is 0.944. The van der Waals surface area contributed by atoms with Crippen LogP contribution in [0.2, 0.25) is 0 Å². The topological polar surface area (TPSA) is 29.5 Å². The maximum atomic E-state index is 14.9. The van der Waals surface area contributed by atoms with E-state index in [0.29, 0.717) is 43.4 Å². The van der Waals surface area contributed by atoms with Gasteiger partial charge in [-0.1, -0.05) is 38.5 Å². The molecule has 2 saturated carbocycles. The molecule has 1 atom stereocenters. The van der Waals surface area contributed by atoms with Gasteiger partial charge in [-0.3, -0.25) is 9.53 Å². The molecule has 14 heteroatoms. The summed E-state index contributed by atoms with van der Waals surface area (Å²) in [5.74, 6) is -16.0. The van der Waals surface area contributed by atoms with Crippen LogP contribution in [0.25, 0.3) is 0 Å². The molecule has 0 unspecified atom stereocenters. The van der Waals surface area contributed by atoms with Crippen LogP contribution in [0, 0.1) is 0 Å². The SMILES string of the molecule is O=C(N(C1CCCCC1)C1CCCCC1)[C@](F)(OC(F)(F)C(F)(F)C(F)(F)F)C(F)(F)F. The molecule has 3 nitrogen and oxygen atoms in total. The summed E-state index contributed by atoms with van der Waals surface area (Å²) in [5.41, 5.74) is 0. The molecule has 2 rings (SSSR count). The van der Waals surface area contributed by atoms with Crippen molar-refractivity contribution in [2.45, 2.75) is 107 Å². The Morgan fingerprint density at radius 3 is 1.31 bits per heavy atom. The highest BCUT2D eigenvalue weighted by molar-refractivity contribution is 5.85. The summed E-state index contributed by atoms with van der Waals surface area (Å²) in [6.45, 7) is 0. The van der Waals surface area contributed by atoms with Gasteiger partial charge in [0.15, 0.2) is 0 Å². The number of rotatable bonds is 6. The van der Waals surface area contributed by atoms with Gasteiger partial charge in [0.05, 0.1) is 0 Å². The van der Waals surface area contributed by atoms with Gasteiger partial charge in [-0.2, -0.15) is 48.3 Å². The molecular weight excluding hydrogens is 471 g/mol. The molecule has 0 aromatic heterocycles. The molecule has 1 amide bonds. The Hall–Kier alpha value is -1.34. The van der Waals surface area contributed by atoms with Crippen molar-refractivity contribution in [3.8, 4) is 0 Å². The number of alkyl halides is 11. The van der Waals surface area contributed by atoms with Crippen molar-refractivity contribution in [2.75, 3.05) is 0 Å². The van der Waals surface area contributed by atoms with Crippen LogP contribution in [-0.2, 0) is 9.53 Å². The van der Waals surface area contributed by atoms with Crippen LogP contribution in [0.15, 0.2) is 0 Å². The minimum Gasteiger partial charge on any atom is -0.331 e. The van der Waals surface area contributed by atoms with Gasteiger partial charge >= 0.3 is 30.2 Å². The summed E-state index contributed by atoms with van der Waals surface area (Å²) in [4.78, 5) is 13.1. The quantitative estimate of drug-likeness (QED) is 0.395. The Morgan fingerprint density at radius 1 is 0.625 bits per heavy atom. The first-order valence-electron chi connectivity index (χ1n) is 10.1. The normalized spacial score (nSPS) is 22.5. The van der Waals surface area contributed by atoms with Gasteiger partial charge < -0.3 is 4.90 Å². The van der Waals surface area contributed by atoms with Crippen LogP contribution in [-0.4, -0.2) is 53.1 Å². The van der Waals surface area contributed by atoms with Gasteiger partial charge in [-0.25, -0.2) is 0 Å². The van der Waals surface area contributed by atoms with Crippen molar-refractivity contribution < 1.29 is 57.8 Å². The zero-order valence-electron chi connectivity index (χ0n) is 16.6. The molecule has 188 valence electrons. The van der Waals surface area contributed by atoms with Crippen LogP contribution in [0.1, 0.15) is 64.2 Å². The number of carbonyl (C=O) groups excluding carboxylic acids is 1.